The number of halogens is 1. The van der Waals surface area contributed by atoms with Crippen LogP contribution in [0.3, 0.4) is 0 Å². The molecule has 0 radical (unpaired) electrons. The summed E-state index contributed by atoms with van der Waals surface area (Å²) in [4.78, 5) is 0. The van der Waals surface area contributed by atoms with E-state index < -0.39 is 0 Å². The Kier molecular flexibility index (Phi) is 7.32. The average Bonchev–Trinajstić information content (AvgIpc) is 2.33. The molecule has 18 heavy (non-hydrogen) atoms. The fourth-order valence-electron chi connectivity index (χ4n) is 1.53. The predicted octanol–water partition coefficient (Wildman–Crippen LogP) is 3.66. The van der Waals surface area contributed by atoms with Gasteiger partial charge in [0.05, 0.1) is 6.61 Å². The summed E-state index contributed by atoms with van der Waals surface area (Å²) >= 11 is 3.50. The van der Waals surface area contributed by atoms with Crippen LogP contribution in [0.1, 0.15) is 38.3 Å². The minimum atomic E-state index is 0.0193. The third-order valence-corrected chi connectivity index (χ3v) is 3.29. The molecule has 4 heteroatoms. The van der Waals surface area contributed by atoms with E-state index in [4.69, 9.17) is 15.2 Å². The van der Waals surface area contributed by atoms with Gasteiger partial charge in [0.25, 0.3) is 0 Å². The van der Waals surface area contributed by atoms with E-state index in [9.17, 15) is 0 Å². The average molecular weight is 316 g/mol. The van der Waals surface area contributed by atoms with Crippen LogP contribution in [-0.4, -0.2) is 19.8 Å². The minimum Gasteiger partial charge on any atom is -0.491 e. The molecule has 0 fully saturated rings. The summed E-state index contributed by atoms with van der Waals surface area (Å²) in [6.07, 6.45) is 2.27. The van der Waals surface area contributed by atoms with Crippen LogP contribution < -0.4 is 10.5 Å². The van der Waals surface area contributed by atoms with Gasteiger partial charge in [-0.05, 0) is 31.0 Å². The Labute approximate surface area is 118 Å². The summed E-state index contributed by atoms with van der Waals surface area (Å²) in [7, 11) is 0. The van der Waals surface area contributed by atoms with E-state index in [1.54, 1.807) is 0 Å². The largest absolute Gasteiger partial charge is 0.491 e. The molecule has 0 aliphatic carbocycles. The van der Waals surface area contributed by atoms with E-state index in [0.717, 1.165) is 35.2 Å². The number of rotatable bonds is 8. The summed E-state index contributed by atoms with van der Waals surface area (Å²) in [6, 6.07) is 5.90. The Morgan fingerprint density at radius 1 is 1.28 bits per heavy atom. The molecule has 0 aliphatic heterocycles. The van der Waals surface area contributed by atoms with Crippen molar-refractivity contribution in [2.75, 3.05) is 19.8 Å². The van der Waals surface area contributed by atoms with Crippen LogP contribution in [0.2, 0.25) is 0 Å². The first-order valence-electron chi connectivity index (χ1n) is 6.40. The van der Waals surface area contributed by atoms with Gasteiger partial charge in [-0.1, -0.05) is 35.3 Å². The van der Waals surface area contributed by atoms with Crippen LogP contribution in [0, 0.1) is 0 Å². The SMILES string of the molecule is CCCCOCCOc1ccc([C@H](C)N)c(Br)c1. The first-order valence-corrected chi connectivity index (χ1v) is 7.20. The minimum absolute atomic E-state index is 0.0193. The molecule has 1 rings (SSSR count). The number of benzene rings is 1. The highest BCUT2D eigenvalue weighted by Crippen LogP contribution is 2.26. The van der Waals surface area contributed by atoms with E-state index in [2.05, 4.69) is 22.9 Å². The predicted molar refractivity (Wildman–Crippen MR) is 78.0 cm³/mol. The van der Waals surface area contributed by atoms with E-state index in [-0.39, 0.29) is 6.04 Å². The van der Waals surface area contributed by atoms with Crippen LogP contribution >= 0.6 is 15.9 Å². The van der Waals surface area contributed by atoms with Crippen molar-refractivity contribution in [3.63, 3.8) is 0 Å². The van der Waals surface area contributed by atoms with Crippen molar-refractivity contribution in [1.29, 1.82) is 0 Å². The second-order valence-electron chi connectivity index (χ2n) is 4.29. The van der Waals surface area contributed by atoms with Gasteiger partial charge in [0, 0.05) is 17.1 Å². The highest BCUT2D eigenvalue weighted by atomic mass is 79.9. The normalized spacial score (nSPS) is 12.4. The summed E-state index contributed by atoms with van der Waals surface area (Å²) < 4.78 is 12.0. The van der Waals surface area contributed by atoms with Crippen molar-refractivity contribution in [1.82, 2.24) is 0 Å². The molecule has 0 saturated heterocycles. The highest BCUT2D eigenvalue weighted by molar-refractivity contribution is 9.10. The van der Waals surface area contributed by atoms with Crippen molar-refractivity contribution in [2.24, 2.45) is 5.73 Å². The third kappa shape index (κ3) is 5.38. The Morgan fingerprint density at radius 2 is 2.06 bits per heavy atom. The van der Waals surface area contributed by atoms with Crippen molar-refractivity contribution >= 4 is 15.9 Å². The van der Waals surface area contributed by atoms with Gasteiger partial charge in [-0.2, -0.15) is 0 Å². The van der Waals surface area contributed by atoms with Crippen molar-refractivity contribution in [3.05, 3.63) is 28.2 Å². The number of ether oxygens (including phenoxy) is 2. The summed E-state index contributed by atoms with van der Waals surface area (Å²) in [6.45, 7) is 6.13. The van der Waals surface area contributed by atoms with Crippen LogP contribution in [0.4, 0.5) is 0 Å². The maximum Gasteiger partial charge on any atom is 0.120 e. The molecular weight excluding hydrogens is 294 g/mol. The fraction of sp³-hybridized carbons (Fsp3) is 0.571. The Bertz CT molecular complexity index is 356. The maximum absolute atomic E-state index is 5.84. The lowest BCUT2D eigenvalue weighted by Crippen LogP contribution is -2.08. The molecule has 0 aromatic heterocycles. The Morgan fingerprint density at radius 3 is 2.67 bits per heavy atom. The fourth-order valence-corrected chi connectivity index (χ4v) is 2.25. The number of hydrogen-bond donors (Lipinski definition) is 1. The molecule has 3 nitrogen and oxygen atoms in total. The van der Waals surface area contributed by atoms with Crippen LogP contribution in [-0.2, 0) is 4.74 Å². The molecule has 0 heterocycles. The van der Waals surface area contributed by atoms with Crippen molar-refractivity contribution in [2.45, 2.75) is 32.7 Å². The number of unbranched alkanes of at least 4 members (excludes halogenated alkanes) is 1. The highest BCUT2D eigenvalue weighted by Gasteiger charge is 2.06. The van der Waals surface area contributed by atoms with Crippen LogP contribution in [0.5, 0.6) is 5.75 Å². The molecule has 0 bridgehead atoms. The van der Waals surface area contributed by atoms with Crippen LogP contribution in [0.25, 0.3) is 0 Å². The Hall–Kier alpha value is -0.580. The van der Waals surface area contributed by atoms with E-state index >= 15 is 0 Å². The van der Waals surface area contributed by atoms with Gasteiger partial charge in [-0.15, -0.1) is 0 Å². The zero-order chi connectivity index (χ0) is 13.4. The van der Waals surface area contributed by atoms with E-state index in [1.807, 2.05) is 25.1 Å². The smallest absolute Gasteiger partial charge is 0.120 e. The third-order valence-electron chi connectivity index (χ3n) is 2.60. The zero-order valence-corrected chi connectivity index (χ0v) is 12.7. The molecule has 0 aliphatic rings. The molecule has 0 spiro atoms. The van der Waals surface area contributed by atoms with Gasteiger partial charge in [0.1, 0.15) is 12.4 Å². The monoisotopic (exact) mass is 315 g/mol. The molecule has 0 saturated carbocycles. The molecule has 102 valence electrons. The zero-order valence-electron chi connectivity index (χ0n) is 11.1. The molecular formula is C14H22BrNO2. The lowest BCUT2D eigenvalue weighted by Gasteiger charge is -2.11. The standard InChI is InChI=1S/C14H22BrNO2/c1-3-4-7-17-8-9-18-12-5-6-13(11(2)16)14(15)10-12/h5-6,10-11H,3-4,7-9,16H2,1-2H3/t11-/m0/s1. The molecule has 0 amide bonds. The van der Waals surface area contributed by atoms with Crippen LogP contribution in [0.15, 0.2) is 22.7 Å². The van der Waals surface area contributed by atoms with Gasteiger partial charge in [0.15, 0.2) is 0 Å². The molecule has 1 aromatic rings. The maximum atomic E-state index is 5.84. The topological polar surface area (TPSA) is 44.5 Å². The summed E-state index contributed by atoms with van der Waals surface area (Å²) in [5.74, 6) is 0.838. The lowest BCUT2D eigenvalue weighted by molar-refractivity contribution is 0.0980. The molecule has 0 unspecified atom stereocenters. The second kappa shape index (κ2) is 8.51. The quantitative estimate of drug-likeness (QED) is 0.744. The van der Waals surface area contributed by atoms with Gasteiger partial charge >= 0.3 is 0 Å². The van der Waals surface area contributed by atoms with E-state index in [0.29, 0.717) is 13.2 Å². The molecule has 2 N–H and O–H groups in total. The summed E-state index contributed by atoms with van der Waals surface area (Å²) in [5, 5.41) is 0. The van der Waals surface area contributed by atoms with Crippen molar-refractivity contribution < 1.29 is 9.47 Å². The molecule has 1 atom stereocenters. The van der Waals surface area contributed by atoms with Gasteiger partial charge in [-0.25, -0.2) is 0 Å². The number of nitrogens with two attached hydrogens (primary N) is 1. The Balaban J connectivity index is 2.33. The van der Waals surface area contributed by atoms with Gasteiger partial charge in [0.2, 0.25) is 0 Å². The number of hydrogen-bond acceptors (Lipinski definition) is 3. The lowest BCUT2D eigenvalue weighted by atomic mass is 10.1. The van der Waals surface area contributed by atoms with Gasteiger partial charge in [-0.3, -0.25) is 0 Å². The molecule has 1 aromatic carbocycles. The van der Waals surface area contributed by atoms with E-state index in [1.165, 1.54) is 0 Å². The second-order valence-corrected chi connectivity index (χ2v) is 5.14. The first kappa shape index (κ1) is 15.5. The van der Waals surface area contributed by atoms with Crippen molar-refractivity contribution in [3.8, 4) is 5.75 Å². The van der Waals surface area contributed by atoms with Gasteiger partial charge < -0.3 is 15.2 Å². The first-order chi connectivity index (χ1) is 8.65. The summed E-state index contributed by atoms with van der Waals surface area (Å²) in [5.41, 5.74) is 6.93.